The number of anilines is 1. The maximum absolute atomic E-state index is 11.7. The monoisotopic (exact) mass is 271 g/mol. The van der Waals surface area contributed by atoms with Gasteiger partial charge in [-0.1, -0.05) is 18.2 Å². The Morgan fingerprint density at radius 1 is 1.20 bits per heavy atom. The smallest absolute Gasteiger partial charge is 0.320 e. The van der Waals surface area contributed by atoms with Gasteiger partial charge in [-0.3, -0.25) is 5.32 Å². The topological polar surface area (TPSA) is 63.2 Å². The third-order valence-electron chi connectivity index (χ3n) is 2.77. The second-order valence-corrected chi connectivity index (χ2v) is 4.38. The van der Waals surface area contributed by atoms with Gasteiger partial charge in [-0.2, -0.15) is 0 Å². The summed E-state index contributed by atoms with van der Waals surface area (Å²) in [5.41, 5.74) is 2.05. The number of hydrogen-bond acceptors (Lipinski definition) is 3. The van der Waals surface area contributed by atoms with E-state index in [4.69, 9.17) is 4.74 Å². The number of aryl methyl sites for hydroxylation is 1. The van der Waals surface area contributed by atoms with Gasteiger partial charge < -0.3 is 10.1 Å². The van der Waals surface area contributed by atoms with E-state index >= 15 is 0 Å². The number of carbonyl (C=O) groups excluding carboxylic acids is 1. The Hall–Kier alpha value is -2.56. The number of amides is 2. The molecule has 0 bridgehead atoms. The zero-order chi connectivity index (χ0) is 14.4. The standard InChI is InChI=1S/C15H17N3O2/c1-11-3-8-14(16-9-11)18-15(19)17-10-12-4-6-13(20-2)7-5-12/h3-9H,10H2,1-2H3,(H2,16,17,18,19). The van der Waals surface area contributed by atoms with E-state index in [2.05, 4.69) is 15.6 Å². The van der Waals surface area contributed by atoms with Crippen molar-refractivity contribution in [1.82, 2.24) is 10.3 Å². The predicted octanol–water partition coefficient (Wildman–Crippen LogP) is 2.72. The Morgan fingerprint density at radius 3 is 2.55 bits per heavy atom. The van der Waals surface area contributed by atoms with Crippen LogP contribution in [-0.4, -0.2) is 18.1 Å². The summed E-state index contributed by atoms with van der Waals surface area (Å²) in [6.45, 7) is 2.39. The van der Waals surface area contributed by atoms with Crippen LogP contribution < -0.4 is 15.4 Å². The van der Waals surface area contributed by atoms with Gasteiger partial charge in [0.2, 0.25) is 0 Å². The van der Waals surface area contributed by atoms with E-state index in [0.29, 0.717) is 12.4 Å². The summed E-state index contributed by atoms with van der Waals surface area (Å²) in [6, 6.07) is 10.9. The van der Waals surface area contributed by atoms with E-state index < -0.39 is 0 Å². The molecule has 0 atom stereocenters. The molecule has 0 spiro atoms. The molecule has 5 nitrogen and oxygen atoms in total. The fourth-order valence-electron chi connectivity index (χ4n) is 1.63. The summed E-state index contributed by atoms with van der Waals surface area (Å²) >= 11 is 0. The fourth-order valence-corrected chi connectivity index (χ4v) is 1.63. The Kier molecular flexibility index (Phi) is 4.55. The minimum atomic E-state index is -0.280. The molecule has 0 radical (unpaired) electrons. The van der Waals surface area contributed by atoms with Crippen molar-refractivity contribution < 1.29 is 9.53 Å². The molecule has 0 fully saturated rings. The molecule has 0 aliphatic heterocycles. The van der Waals surface area contributed by atoms with Crippen molar-refractivity contribution in [1.29, 1.82) is 0 Å². The number of methoxy groups -OCH3 is 1. The van der Waals surface area contributed by atoms with E-state index in [1.807, 2.05) is 37.3 Å². The number of aromatic nitrogens is 1. The largest absolute Gasteiger partial charge is 0.497 e. The predicted molar refractivity (Wildman–Crippen MR) is 77.8 cm³/mol. The van der Waals surface area contributed by atoms with E-state index in [9.17, 15) is 4.79 Å². The molecule has 1 aromatic heterocycles. The average molecular weight is 271 g/mol. The van der Waals surface area contributed by atoms with Gasteiger partial charge in [-0.05, 0) is 36.2 Å². The van der Waals surface area contributed by atoms with Crippen molar-refractivity contribution in [2.45, 2.75) is 13.5 Å². The number of nitrogens with zero attached hydrogens (tertiary/aromatic N) is 1. The first kappa shape index (κ1) is 13.9. The Balaban J connectivity index is 1.83. The van der Waals surface area contributed by atoms with Gasteiger partial charge in [-0.25, -0.2) is 9.78 Å². The number of hydrogen-bond donors (Lipinski definition) is 2. The zero-order valence-corrected chi connectivity index (χ0v) is 11.5. The number of ether oxygens (including phenoxy) is 1. The second-order valence-electron chi connectivity index (χ2n) is 4.38. The van der Waals surface area contributed by atoms with Crippen molar-refractivity contribution >= 4 is 11.8 Å². The van der Waals surface area contributed by atoms with Crippen LogP contribution >= 0.6 is 0 Å². The number of nitrogens with one attached hydrogen (secondary N) is 2. The number of urea groups is 1. The molecular weight excluding hydrogens is 254 g/mol. The summed E-state index contributed by atoms with van der Waals surface area (Å²) in [6.07, 6.45) is 1.71. The van der Waals surface area contributed by atoms with Crippen molar-refractivity contribution in [3.05, 3.63) is 53.7 Å². The van der Waals surface area contributed by atoms with Crippen molar-refractivity contribution in [3.63, 3.8) is 0 Å². The Labute approximate surface area is 118 Å². The SMILES string of the molecule is COc1ccc(CNC(=O)Nc2ccc(C)cn2)cc1. The van der Waals surface area contributed by atoms with Crippen LogP contribution in [0.4, 0.5) is 10.6 Å². The van der Waals surface area contributed by atoms with Gasteiger partial charge in [0.05, 0.1) is 7.11 Å². The fraction of sp³-hybridized carbons (Fsp3) is 0.200. The molecule has 2 rings (SSSR count). The van der Waals surface area contributed by atoms with E-state index in [-0.39, 0.29) is 6.03 Å². The first-order chi connectivity index (χ1) is 9.67. The van der Waals surface area contributed by atoms with Crippen LogP contribution in [-0.2, 0) is 6.54 Å². The molecule has 20 heavy (non-hydrogen) atoms. The highest BCUT2D eigenvalue weighted by molar-refractivity contribution is 5.88. The zero-order valence-electron chi connectivity index (χ0n) is 11.5. The molecule has 1 aromatic carbocycles. The van der Waals surface area contributed by atoms with Gasteiger partial charge >= 0.3 is 6.03 Å². The summed E-state index contributed by atoms with van der Waals surface area (Å²) in [7, 11) is 1.62. The van der Waals surface area contributed by atoms with Gasteiger partial charge in [-0.15, -0.1) is 0 Å². The number of carbonyl (C=O) groups is 1. The summed E-state index contributed by atoms with van der Waals surface area (Å²) in [5, 5.41) is 5.44. The highest BCUT2D eigenvalue weighted by Gasteiger charge is 2.02. The Bertz CT molecular complexity index is 565. The highest BCUT2D eigenvalue weighted by Crippen LogP contribution is 2.11. The minimum Gasteiger partial charge on any atom is -0.497 e. The average Bonchev–Trinajstić information content (AvgIpc) is 2.48. The first-order valence-electron chi connectivity index (χ1n) is 6.28. The summed E-state index contributed by atoms with van der Waals surface area (Å²) in [4.78, 5) is 15.8. The number of pyridine rings is 1. The lowest BCUT2D eigenvalue weighted by molar-refractivity contribution is 0.251. The molecular formula is C15H17N3O2. The molecule has 2 N–H and O–H groups in total. The highest BCUT2D eigenvalue weighted by atomic mass is 16.5. The maximum Gasteiger partial charge on any atom is 0.320 e. The van der Waals surface area contributed by atoms with Gasteiger partial charge in [0, 0.05) is 12.7 Å². The molecule has 5 heteroatoms. The second kappa shape index (κ2) is 6.56. The van der Waals surface area contributed by atoms with Crippen LogP contribution in [0.2, 0.25) is 0 Å². The lowest BCUT2D eigenvalue weighted by Crippen LogP contribution is -2.28. The van der Waals surface area contributed by atoms with Crippen molar-refractivity contribution in [2.75, 3.05) is 12.4 Å². The van der Waals surface area contributed by atoms with E-state index in [1.165, 1.54) is 0 Å². The van der Waals surface area contributed by atoms with Crippen LogP contribution in [0.15, 0.2) is 42.6 Å². The molecule has 0 saturated carbocycles. The quantitative estimate of drug-likeness (QED) is 0.898. The maximum atomic E-state index is 11.7. The van der Waals surface area contributed by atoms with E-state index in [1.54, 1.807) is 19.4 Å². The molecule has 1 heterocycles. The third-order valence-corrected chi connectivity index (χ3v) is 2.77. The van der Waals surface area contributed by atoms with Crippen molar-refractivity contribution in [2.24, 2.45) is 0 Å². The van der Waals surface area contributed by atoms with E-state index in [0.717, 1.165) is 16.9 Å². The third kappa shape index (κ3) is 3.98. The summed E-state index contributed by atoms with van der Waals surface area (Å²) in [5.74, 6) is 1.32. The van der Waals surface area contributed by atoms with Crippen LogP contribution in [0.5, 0.6) is 5.75 Å². The van der Waals surface area contributed by atoms with Gasteiger partial charge in [0.15, 0.2) is 0 Å². The summed E-state index contributed by atoms with van der Waals surface area (Å²) < 4.78 is 5.08. The van der Waals surface area contributed by atoms with Gasteiger partial charge in [0.1, 0.15) is 11.6 Å². The normalized spacial score (nSPS) is 9.90. The van der Waals surface area contributed by atoms with Crippen LogP contribution in [0, 0.1) is 6.92 Å². The molecule has 0 aliphatic rings. The first-order valence-corrected chi connectivity index (χ1v) is 6.28. The molecule has 2 aromatic rings. The molecule has 0 saturated heterocycles. The lowest BCUT2D eigenvalue weighted by atomic mass is 10.2. The lowest BCUT2D eigenvalue weighted by Gasteiger charge is -2.07. The minimum absolute atomic E-state index is 0.280. The molecule has 104 valence electrons. The van der Waals surface area contributed by atoms with Crippen molar-refractivity contribution in [3.8, 4) is 5.75 Å². The molecule has 2 amide bonds. The van der Waals surface area contributed by atoms with Crippen LogP contribution in [0.25, 0.3) is 0 Å². The Morgan fingerprint density at radius 2 is 1.95 bits per heavy atom. The van der Waals surface area contributed by atoms with Gasteiger partial charge in [0.25, 0.3) is 0 Å². The van der Waals surface area contributed by atoms with Crippen LogP contribution in [0.1, 0.15) is 11.1 Å². The van der Waals surface area contributed by atoms with Crippen LogP contribution in [0.3, 0.4) is 0 Å². The number of benzene rings is 1. The molecule has 0 aliphatic carbocycles. The molecule has 0 unspecified atom stereocenters. The number of rotatable bonds is 4.